The van der Waals surface area contributed by atoms with Gasteiger partial charge in [0.1, 0.15) is 17.7 Å². The van der Waals surface area contributed by atoms with Gasteiger partial charge in [0.25, 0.3) is 5.91 Å². The largest absolute Gasteiger partial charge is 0.444 e. The Bertz CT molecular complexity index is 1300. The maximum Gasteiger partial charge on any atom is 0.408 e. The van der Waals surface area contributed by atoms with E-state index in [4.69, 9.17) is 4.74 Å². The summed E-state index contributed by atoms with van der Waals surface area (Å²) in [6.45, 7) is 8.64. The predicted molar refractivity (Wildman–Crippen MR) is 160 cm³/mol. The average Bonchev–Trinajstić information content (AvgIpc) is 2.93. The van der Waals surface area contributed by atoms with Crippen molar-refractivity contribution in [2.45, 2.75) is 65.1 Å². The van der Waals surface area contributed by atoms with Crippen molar-refractivity contribution in [3.05, 3.63) is 101 Å². The third kappa shape index (κ3) is 9.18. The van der Waals surface area contributed by atoms with Crippen LogP contribution in [0.4, 0.5) is 10.5 Å². The second-order valence-corrected chi connectivity index (χ2v) is 10.9. The Balaban J connectivity index is 2.04. The van der Waals surface area contributed by atoms with Gasteiger partial charge in [-0.15, -0.1) is 0 Å². The van der Waals surface area contributed by atoms with E-state index in [2.05, 4.69) is 10.6 Å². The molecule has 0 aliphatic rings. The van der Waals surface area contributed by atoms with Crippen molar-refractivity contribution in [1.82, 2.24) is 10.2 Å². The van der Waals surface area contributed by atoms with Crippen LogP contribution in [0.2, 0.25) is 0 Å². The highest BCUT2D eigenvalue weighted by Gasteiger charge is 2.36. The molecule has 0 saturated heterocycles. The fourth-order valence-electron chi connectivity index (χ4n) is 4.50. The molecule has 3 aromatic rings. The van der Waals surface area contributed by atoms with Crippen LogP contribution in [0.5, 0.6) is 0 Å². The van der Waals surface area contributed by atoms with Gasteiger partial charge < -0.3 is 25.4 Å². The molecule has 3 amide bonds. The van der Waals surface area contributed by atoms with Gasteiger partial charge in [-0.05, 0) is 62.4 Å². The van der Waals surface area contributed by atoms with Crippen LogP contribution in [0.3, 0.4) is 0 Å². The van der Waals surface area contributed by atoms with E-state index in [0.717, 1.165) is 23.1 Å². The summed E-state index contributed by atoms with van der Waals surface area (Å²) in [7, 11) is 0. The molecule has 3 aromatic carbocycles. The molecule has 0 aromatic heterocycles. The van der Waals surface area contributed by atoms with E-state index in [-0.39, 0.29) is 19.6 Å². The fourth-order valence-corrected chi connectivity index (χ4v) is 4.50. The molecular weight excluding hydrogens is 518 g/mol. The lowest BCUT2D eigenvalue weighted by atomic mass is 9.99. The van der Waals surface area contributed by atoms with Crippen molar-refractivity contribution in [2.75, 3.05) is 18.5 Å². The quantitative estimate of drug-likeness (QED) is 0.300. The number of nitrogens with one attached hydrogen (secondary N) is 2. The summed E-state index contributed by atoms with van der Waals surface area (Å²) in [5.74, 6) is -0.945. The summed E-state index contributed by atoms with van der Waals surface area (Å²) in [5, 5.41) is 15.7. The number of hydrogen-bond acceptors (Lipinski definition) is 5. The summed E-state index contributed by atoms with van der Waals surface area (Å²) in [5.41, 5.74) is 3.21. The highest BCUT2D eigenvalue weighted by Crippen LogP contribution is 2.26. The van der Waals surface area contributed by atoms with Crippen LogP contribution in [0.1, 0.15) is 56.0 Å². The minimum atomic E-state index is -1.07. The highest BCUT2D eigenvalue weighted by molar-refractivity contribution is 5.99. The Kier molecular flexibility index (Phi) is 11.1. The fraction of sp³-hybridized carbons (Fsp3) is 0.364. The molecule has 2 atom stereocenters. The van der Waals surface area contributed by atoms with E-state index >= 15 is 0 Å². The van der Waals surface area contributed by atoms with Gasteiger partial charge >= 0.3 is 6.09 Å². The Morgan fingerprint density at radius 3 is 2.12 bits per heavy atom. The Morgan fingerprint density at radius 2 is 1.54 bits per heavy atom. The van der Waals surface area contributed by atoms with E-state index < -0.39 is 35.6 Å². The number of carbonyl (C=O) groups is 3. The first kappa shape index (κ1) is 31.4. The molecule has 8 heteroatoms. The van der Waals surface area contributed by atoms with Crippen LogP contribution in [-0.4, -0.2) is 52.7 Å². The van der Waals surface area contributed by atoms with Gasteiger partial charge in [-0.1, -0.05) is 79.7 Å². The van der Waals surface area contributed by atoms with Crippen LogP contribution >= 0.6 is 0 Å². The second-order valence-electron chi connectivity index (χ2n) is 10.9. The number of ether oxygens (including phenoxy) is 1. The number of hydrogen-bond donors (Lipinski definition) is 3. The second kappa shape index (κ2) is 14.5. The van der Waals surface area contributed by atoms with E-state index in [1.54, 1.807) is 26.8 Å². The van der Waals surface area contributed by atoms with Crippen molar-refractivity contribution < 1.29 is 24.2 Å². The van der Waals surface area contributed by atoms with Crippen LogP contribution < -0.4 is 10.6 Å². The number of aliphatic hydroxyl groups excluding tert-OH is 1. The number of carbonyl (C=O) groups excluding carboxylic acids is 3. The molecule has 0 bridgehead atoms. The normalized spacial score (nSPS) is 12.6. The maximum absolute atomic E-state index is 14.3. The molecule has 41 heavy (non-hydrogen) atoms. The molecule has 0 spiro atoms. The number of rotatable bonds is 11. The molecule has 2 unspecified atom stereocenters. The van der Waals surface area contributed by atoms with Gasteiger partial charge in [0.05, 0.1) is 6.61 Å². The van der Waals surface area contributed by atoms with Crippen molar-refractivity contribution in [1.29, 1.82) is 0 Å². The summed E-state index contributed by atoms with van der Waals surface area (Å²) < 4.78 is 5.46. The first-order valence-corrected chi connectivity index (χ1v) is 13.9. The third-order valence-corrected chi connectivity index (χ3v) is 6.56. The molecular formula is C33H41N3O5. The van der Waals surface area contributed by atoms with Gasteiger partial charge in [-0.25, -0.2) is 4.79 Å². The maximum atomic E-state index is 14.3. The zero-order valence-electron chi connectivity index (χ0n) is 24.5. The molecule has 8 nitrogen and oxygen atoms in total. The van der Waals surface area contributed by atoms with Crippen LogP contribution in [-0.2, 0) is 27.2 Å². The molecule has 3 rings (SSSR count). The molecule has 0 radical (unpaired) electrons. The first-order valence-electron chi connectivity index (χ1n) is 13.9. The summed E-state index contributed by atoms with van der Waals surface area (Å²) >= 11 is 0. The molecule has 0 saturated carbocycles. The number of para-hydroxylation sites is 1. The summed E-state index contributed by atoms with van der Waals surface area (Å²) in [6, 6.07) is 22.0. The van der Waals surface area contributed by atoms with E-state index in [0.29, 0.717) is 11.3 Å². The Labute approximate surface area is 242 Å². The number of aryl methyl sites for hydroxylation is 2. The minimum absolute atomic E-state index is 0.124. The van der Waals surface area contributed by atoms with Crippen molar-refractivity contribution >= 4 is 23.6 Å². The van der Waals surface area contributed by atoms with Crippen molar-refractivity contribution in [2.24, 2.45) is 0 Å². The van der Waals surface area contributed by atoms with E-state index in [1.807, 2.05) is 86.6 Å². The van der Waals surface area contributed by atoms with Gasteiger partial charge in [0.2, 0.25) is 5.91 Å². The summed E-state index contributed by atoms with van der Waals surface area (Å²) in [4.78, 5) is 42.4. The van der Waals surface area contributed by atoms with Gasteiger partial charge in [0, 0.05) is 18.7 Å². The van der Waals surface area contributed by atoms with E-state index in [9.17, 15) is 19.5 Å². The molecule has 218 valence electrons. The predicted octanol–water partition coefficient (Wildman–Crippen LogP) is 5.19. The lowest BCUT2D eigenvalue weighted by molar-refractivity contribution is -0.141. The van der Waals surface area contributed by atoms with Crippen LogP contribution in [0.15, 0.2) is 78.9 Å². The standard InChI is InChI=1S/C33H41N3O5/c1-6-24-16-18-26(19-17-24)29(30(38)34-27-15-11-10-12-23(27)2)36(20-21-37)31(39)28(22-25-13-8-7-9-14-25)35-32(40)41-33(3,4)5/h7-19,28-29,37H,6,20-22H2,1-5H3,(H,34,38)(H,35,40). The molecule has 0 aliphatic carbocycles. The SMILES string of the molecule is CCc1ccc(C(C(=O)Nc2ccccc2C)N(CCO)C(=O)C(Cc2ccccc2)NC(=O)OC(C)(C)C)cc1. The molecule has 0 aliphatic heterocycles. The number of aliphatic hydroxyl groups is 1. The molecule has 3 N–H and O–H groups in total. The Morgan fingerprint density at radius 1 is 0.902 bits per heavy atom. The number of amides is 3. The average molecular weight is 560 g/mol. The Hall–Kier alpha value is -4.17. The number of alkyl carbamates (subject to hydrolysis) is 1. The highest BCUT2D eigenvalue weighted by atomic mass is 16.6. The van der Waals surface area contributed by atoms with Crippen LogP contribution in [0, 0.1) is 6.92 Å². The van der Waals surface area contributed by atoms with Gasteiger partial charge in [0.15, 0.2) is 0 Å². The van der Waals surface area contributed by atoms with Crippen molar-refractivity contribution in [3.8, 4) is 0 Å². The number of nitrogens with zero attached hydrogens (tertiary/aromatic N) is 1. The smallest absolute Gasteiger partial charge is 0.408 e. The number of benzene rings is 3. The summed E-state index contributed by atoms with van der Waals surface area (Å²) in [6.07, 6.45) is 0.240. The van der Waals surface area contributed by atoms with E-state index in [1.165, 1.54) is 4.90 Å². The molecule has 0 heterocycles. The lowest BCUT2D eigenvalue weighted by Crippen LogP contribution is -2.53. The monoisotopic (exact) mass is 559 g/mol. The van der Waals surface area contributed by atoms with Gasteiger partial charge in [-0.2, -0.15) is 0 Å². The van der Waals surface area contributed by atoms with Gasteiger partial charge in [-0.3, -0.25) is 9.59 Å². The zero-order chi connectivity index (χ0) is 30.0. The van der Waals surface area contributed by atoms with Crippen molar-refractivity contribution in [3.63, 3.8) is 0 Å². The molecule has 0 fully saturated rings. The van der Waals surface area contributed by atoms with Crippen LogP contribution in [0.25, 0.3) is 0 Å². The first-order chi connectivity index (χ1) is 19.5. The minimum Gasteiger partial charge on any atom is -0.444 e. The third-order valence-electron chi connectivity index (χ3n) is 6.56. The lowest BCUT2D eigenvalue weighted by Gasteiger charge is -2.34. The topological polar surface area (TPSA) is 108 Å². The zero-order valence-corrected chi connectivity index (χ0v) is 24.5. The number of anilines is 1.